The van der Waals surface area contributed by atoms with Crippen LogP contribution in [0.2, 0.25) is 0 Å². The van der Waals surface area contributed by atoms with Gasteiger partial charge in [-0.25, -0.2) is 0 Å². The summed E-state index contributed by atoms with van der Waals surface area (Å²) in [5.74, 6) is 1.23. The maximum absolute atomic E-state index is 12.6. The van der Waals surface area contributed by atoms with Gasteiger partial charge in [-0.15, -0.1) is 12.4 Å². The third-order valence-corrected chi connectivity index (χ3v) is 4.68. The number of hydrogen-bond acceptors (Lipinski definition) is 4. The number of rotatable bonds is 3. The number of carbonyl (C=O) groups excluding carboxylic acids is 1. The third kappa shape index (κ3) is 3.60. The van der Waals surface area contributed by atoms with Gasteiger partial charge in [-0.1, -0.05) is 12.1 Å². The summed E-state index contributed by atoms with van der Waals surface area (Å²) in [7, 11) is 1.66. The highest BCUT2D eigenvalue weighted by molar-refractivity contribution is 5.85. The number of halogens is 1. The summed E-state index contributed by atoms with van der Waals surface area (Å²) in [5.41, 5.74) is 1.19. The molecule has 1 amide bonds. The topological polar surface area (TPSA) is 65.4 Å². The van der Waals surface area contributed by atoms with Gasteiger partial charge in [0.2, 0.25) is 5.91 Å². The Morgan fingerprint density at radius 2 is 2.30 bits per heavy atom. The van der Waals surface area contributed by atoms with Crippen LogP contribution in [0.15, 0.2) is 24.3 Å². The molecule has 0 saturated carbocycles. The standard InChI is InChI=1S/C17H21N3O2.ClH/c1-22-15-6-2-4-12(8-15)13-9-16(19-11-13)17(21)20-7-3-5-14(20)10-18;/h2,4,6,8,13-14,16,19H,3,5,7,9,11H2,1H3;1H/t13-,14-,16-;/m0./s1. The van der Waals surface area contributed by atoms with Gasteiger partial charge in [0.1, 0.15) is 11.8 Å². The molecule has 2 heterocycles. The first kappa shape index (κ1) is 17.6. The Balaban J connectivity index is 0.00000192. The summed E-state index contributed by atoms with van der Waals surface area (Å²) in [6.45, 7) is 1.49. The lowest BCUT2D eigenvalue weighted by molar-refractivity contribution is -0.133. The maximum Gasteiger partial charge on any atom is 0.240 e. The van der Waals surface area contributed by atoms with Crippen LogP contribution >= 0.6 is 12.4 Å². The van der Waals surface area contributed by atoms with Gasteiger partial charge in [-0.05, 0) is 42.9 Å². The zero-order chi connectivity index (χ0) is 15.5. The molecule has 1 aromatic carbocycles. The van der Waals surface area contributed by atoms with E-state index in [4.69, 9.17) is 10.00 Å². The number of ether oxygens (including phenoxy) is 1. The highest BCUT2D eigenvalue weighted by Crippen LogP contribution is 2.30. The molecular formula is C17H22ClN3O2. The Labute approximate surface area is 143 Å². The van der Waals surface area contributed by atoms with Crippen LogP contribution in [0.4, 0.5) is 0 Å². The molecule has 0 spiro atoms. The fourth-order valence-corrected chi connectivity index (χ4v) is 3.44. The van der Waals surface area contributed by atoms with Gasteiger partial charge >= 0.3 is 0 Å². The van der Waals surface area contributed by atoms with E-state index in [1.165, 1.54) is 5.56 Å². The van der Waals surface area contributed by atoms with E-state index in [1.54, 1.807) is 12.0 Å². The van der Waals surface area contributed by atoms with Crippen molar-refractivity contribution >= 4 is 18.3 Å². The number of amides is 1. The van der Waals surface area contributed by atoms with Gasteiger partial charge < -0.3 is 15.0 Å². The molecule has 0 radical (unpaired) electrons. The molecule has 0 aromatic heterocycles. The largest absolute Gasteiger partial charge is 0.497 e. The van der Waals surface area contributed by atoms with Gasteiger partial charge in [0.05, 0.1) is 19.2 Å². The van der Waals surface area contributed by atoms with Crippen molar-refractivity contribution in [3.05, 3.63) is 29.8 Å². The number of likely N-dealkylation sites (tertiary alicyclic amines) is 1. The second-order valence-corrected chi connectivity index (χ2v) is 5.99. The minimum atomic E-state index is -0.245. The third-order valence-electron chi connectivity index (χ3n) is 4.68. The van der Waals surface area contributed by atoms with E-state index >= 15 is 0 Å². The number of nitrogens with zero attached hydrogens (tertiary/aromatic N) is 2. The van der Waals surface area contributed by atoms with Crippen LogP contribution in [0.1, 0.15) is 30.7 Å². The van der Waals surface area contributed by atoms with E-state index in [-0.39, 0.29) is 30.4 Å². The van der Waals surface area contributed by atoms with E-state index < -0.39 is 0 Å². The number of carbonyl (C=O) groups is 1. The summed E-state index contributed by atoms with van der Waals surface area (Å²) in [4.78, 5) is 14.3. The quantitative estimate of drug-likeness (QED) is 0.918. The first-order chi connectivity index (χ1) is 10.7. The first-order valence-corrected chi connectivity index (χ1v) is 7.80. The maximum atomic E-state index is 12.6. The molecule has 6 heteroatoms. The van der Waals surface area contributed by atoms with Gasteiger partial charge in [0.15, 0.2) is 0 Å². The summed E-state index contributed by atoms with van der Waals surface area (Å²) >= 11 is 0. The molecule has 2 aliphatic heterocycles. The fraction of sp³-hybridized carbons (Fsp3) is 0.529. The highest BCUT2D eigenvalue weighted by Gasteiger charge is 2.37. The molecule has 2 aliphatic rings. The van der Waals surface area contributed by atoms with Crippen molar-refractivity contribution in [1.29, 1.82) is 5.26 Å². The molecule has 23 heavy (non-hydrogen) atoms. The Morgan fingerprint density at radius 3 is 3.04 bits per heavy atom. The van der Waals surface area contributed by atoms with Crippen molar-refractivity contribution < 1.29 is 9.53 Å². The first-order valence-electron chi connectivity index (χ1n) is 7.80. The van der Waals surface area contributed by atoms with Crippen molar-refractivity contribution in [2.24, 2.45) is 0 Å². The van der Waals surface area contributed by atoms with Crippen molar-refractivity contribution in [2.45, 2.75) is 37.3 Å². The van der Waals surface area contributed by atoms with E-state index in [2.05, 4.69) is 17.5 Å². The van der Waals surface area contributed by atoms with Gasteiger partial charge in [0.25, 0.3) is 0 Å². The van der Waals surface area contributed by atoms with Crippen molar-refractivity contribution in [3.63, 3.8) is 0 Å². The minimum absolute atomic E-state index is 0. The van der Waals surface area contributed by atoms with Crippen LogP contribution in [0.25, 0.3) is 0 Å². The predicted molar refractivity (Wildman–Crippen MR) is 89.7 cm³/mol. The molecular weight excluding hydrogens is 314 g/mol. The molecule has 2 fully saturated rings. The number of benzene rings is 1. The normalized spacial score (nSPS) is 26.4. The lowest BCUT2D eigenvalue weighted by Crippen LogP contribution is -2.45. The summed E-state index contributed by atoms with van der Waals surface area (Å²) in [6, 6.07) is 9.84. The molecule has 3 rings (SSSR count). The van der Waals surface area contributed by atoms with Crippen LogP contribution in [-0.4, -0.2) is 43.1 Å². The van der Waals surface area contributed by atoms with E-state index in [1.807, 2.05) is 18.2 Å². The Bertz CT molecular complexity index is 602. The van der Waals surface area contributed by atoms with Crippen molar-refractivity contribution in [3.8, 4) is 11.8 Å². The molecule has 3 atom stereocenters. The minimum Gasteiger partial charge on any atom is -0.497 e. The monoisotopic (exact) mass is 335 g/mol. The Hall–Kier alpha value is -1.77. The van der Waals surface area contributed by atoms with Gasteiger partial charge in [-0.2, -0.15) is 5.26 Å². The molecule has 124 valence electrons. The molecule has 0 unspecified atom stereocenters. The summed E-state index contributed by atoms with van der Waals surface area (Å²) in [5, 5.41) is 12.5. The molecule has 2 saturated heterocycles. The second-order valence-electron chi connectivity index (χ2n) is 5.99. The molecule has 0 aliphatic carbocycles. The summed E-state index contributed by atoms with van der Waals surface area (Å²) < 4.78 is 5.27. The Kier molecular flexibility index (Phi) is 5.86. The molecule has 5 nitrogen and oxygen atoms in total. The lowest BCUT2D eigenvalue weighted by Gasteiger charge is -2.23. The average Bonchev–Trinajstić information content (AvgIpc) is 3.23. The molecule has 1 aromatic rings. The predicted octanol–water partition coefficient (Wildman–Crippen LogP) is 2.08. The highest BCUT2D eigenvalue weighted by atomic mass is 35.5. The SMILES string of the molecule is COc1cccc([C@@H]2CN[C@H](C(=O)N3CCC[C@H]3C#N)C2)c1.Cl. The van der Waals surface area contributed by atoms with Crippen molar-refractivity contribution in [1.82, 2.24) is 10.2 Å². The van der Waals surface area contributed by atoms with Crippen LogP contribution in [0, 0.1) is 11.3 Å². The smallest absolute Gasteiger partial charge is 0.240 e. The van der Waals surface area contributed by atoms with Gasteiger partial charge in [-0.3, -0.25) is 4.79 Å². The fourth-order valence-electron chi connectivity index (χ4n) is 3.44. The number of nitriles is 1. The average molecular weight is 336 g/mol. The van der Waals surface area contributed by atoms with Gasteiger partial charge in [0, 0.05) is 13.1 Å². The summed E-state index contributed by atoms with van der Waals surface area (Å²) in [6.07, 6.45) is 2.50. The van der Waals surface area contributed by atoms with E-state index in [0.29, 0.717) is 12.5 Å². The Morgan fingerprint density at radius 1 is 1.48 bits per heavy atom. The lowest BCUT2D eigenvalue weighted by atomic mass is 9.95. The second kappa shape index (κ2) is 7.67. The van der Waals surface area contributed by atoms with Crippen LogP contribution in [0.5, 0.6) is 5.75 Å². The van der Waals surface area contributed by atoms with E-state index in [9.17, 15) is 4.79 Å². The zero-order valence-corrected chi connectivity index (χ0v) is 14.0. The van der Waals surface area contributed by atoms with E-state index in [0.717, 1.165) is 31.6 Å². The number of nitrogens with one attached hydrogen (secondary N) is 1. The van der Waals surface area contributed by atoms with Crippen LogP contribution < -0.4 is 10.1 Å². The van der Waals surface area contributed by atoms with Crippen LogP contribution in [0.3, 0.4) is 0 Å². The molecule has 0 bridgehead atoms. The van der Waals surface area contributed by atoms with Crippen molar-refractivity contribution in [2.75, 3.05) is 20.2 Å². The number of methoxy groups -OCH3 is 1. The zero-order valence-electron chi connectivity index (χ0n) is 13.2. The molecule has 1 N–H and O–H groups in total. The van der Waals surface area contributed by atoms with Crippen LogP contribution in [-0.2, 0) is 4.79 Å². The number of hydrogen-bond donors (Lipinski definition) is 1.